The number of nitrogens with zero attached hydrogens (tertiary/aromatic N) is 1. The molecule has 2 aliphatic rings. The Labute approximate surface area is 91.0 Å². The van der Waals surface area contributed by atoms with Gasteiger partial charge in [0.2, 0.25) is 0 Å². The van der Waals surface area contributed by atoms with Crippen LogP contribution in [0.1, 0.15) is 25.7 Å². The van der Waals surface area contributed by atoms with Crippen LogP contribution in [0, 0.1) is 0 Å². The number of hydrogen-bond acceptors (Lipinski definition) is 3. The van der Waals surface area contributed by atoms with Crippen molar-refractivity contribution in [1.29, 1.82) is 0 Å². The molecular formula is C11H20N2O2. The lowest BCUT2D eigenvalue weighted by atomic mass is 9.92. The van der Waals surface area contributed by atoms with Crippen molar-refractivity contribution in [2.75, 3.05) is 33.3 Å². The zero-order valence-electron chi connectivity index (χ0n) is 9.42. The molecule has 2 saturated heterocycles. The number of piperidine rings is 1. The molecule has 0 aliphatic carbocycles. The van der Waals surface area contributed by atoms with Crippen molar-refractivity contribution >= 4 is 5.91 Å². The standard InChI is InChI=1S/C11H20N2O2/c1-15-11(5-4-6-12-9-11)10(14)13-7-2-3-8-13/h12H,2-9H2,1H3. The lowest BCUT2D eigenvalue weighted by molar-refractivity contribution is -0.156. The number of ether oxygens (including phenoxy) is 1. The SMILES string of the molecule is COC1(C(=O)N2CCCC2)CCCNC1. The Kier molecular flexibility index (Phi) is 3.26. The van der Waals surface area contributed by atoms with Gasteiger partial charge in [-0.25, -0.2) is 0 Å². The van der Waals surface area contributed by atoms with Gasteiger partial charge in [0.05, 0.1) is 0 Å². The Morgan fingerprint density at radius 2 is 2.07 bits per heavy atom. The first-order valence-electron chi connectivity index (χ1n) is 5.84. The van der Waals surface area contributed by atoms with Crippen LogP contribution in [0.25, 0.3) is 0 Å². The lowest BCUT2D eigenvalue weighted by Gasteiger charge is -2.37. The third-order valence-electron chi connectivity index (χ3n) is 3.52. The van der Waals surface area contributed by atoms with Gasteiger partial charge in [0.15, 0.2) is 5.60 Å². The summed E-state index contributed by atoms with van der Waals surface area (Å²) in [6, 6.07) is 0. The van der Waals surface area contributed by atoms with Gasteiger partial charge < -0.3 is 15.0 Å². The summed E-state index contributed by atoms with van der Waals surface area (Å²) in [7, 11) is 1.65. The highest BCUT2D eigenvalue weighted by Crippen LogP contribution is 2.24. The fraction of sp³-hybridized carbons (Fsp3) is 0.909. The van der Waals surface area contributed by atoms with Crippen molar-refractivity contribution in [2.45, 2.75) is 31.3 Å². The minimum absolute atomic E-state index is 0.190. The van der Waals surface area contributed by atoms with Crippen molar-refractivity contribution in [3.63, 3.8) is 0 Å². The second-order valence-corrected chi connectivity index (χ2v) is 4.48. The maximum atomic E-state index is 12.3. The molecule has 4 heteroatoms. The van der Waals surface area contributed by atoms with E-state index in [0.717, 1.165) is 45.3 Å². The molecule has 2 heterocycles. The Hall–Kier alpha value is -0.610. The zero-order valence-corrected chi connectivity index (χ0v) is 9.42. The number of nitrogens with one attached hydrogen (secondary N) is 1. The largest absolute Gasteiger partial charge is 0.367 e. The van der Waals surface area contributed by atoms with E-state index in [0.29, 0.717) is 6.54 Å². The van der Waals surface area contributed by atoms with E-state index in [-0.39, 0.29) is 5.91 Å². The number of carbonyl (C=O) groups is 1. The van der Waals surface area contributed by atoms with Crippen LogP contribution in [0.15, 0.2) is 0 Å². The molecule has 0 radical (unpaired) electrons. The van der Waals surface area contributed by atoms with E-state index in [1.54, 1.807) is 7.11 Å². The smallest absolute Gasteiger partial charge is 0.256 e. The summed E-state index contributed by atoms with van der Waals surface area (Å²) >= 11 is 0. The number of methoxy groups -OCH3 is 1. The number of amides is 1. The average Bonchev–Trinajstić information content (AvgIpc) is 2.82. The summed E-state index contributed by atoms with van der Waals surface area (Å²) in [4.78, 5) is 14.3. The van der Waals surface area contributed by atoms with Gasteiger partial charge in [-0.1, -0.05) is 0 Å². The minimum atomic E-state index is -0.581. The third kappa shape index (κ3) is 2.01. The van der Waals surface area contributed by atoms with Crippen LogP contribution in [0.5, 0.6) is 0 Å². The molecule has 4 nitrogen and oxygen atoms in total. The van der Waals surface area contributed by atoms with Crippen molar-refractivity contribution in [3.05, 3.63) is 0 Å². The molecule has 2 rings (SSSR count). The van der Waals surface area contributed by atoms with Crippen LogP contribution in [0.4, 0.5) is 0 Å². The van der Waals surface area contributed by atoms with E-state index in [4.69, 9.17) is 4.74 Å². The average molecular weight is 212 g/mol. The van der Waals surface area contributed by atoms with Crippen molar-refractivity contribution < 1.29 is 9.53 Å². The maximum absolute atomic E-state index is 12.3. The summed E-state index contributed by atoms with van der Waals surface area (Å²) in [5.74, 6) is 0.190. The van der Waals surface area contributed by atoms with Crippen LogP contribution in [0.2, 0.25) is 0 Å². The van der Waals surface area contributed by atoms with Gasteiger partial charge in [-0.05, 0) is 32.2 Å². The molecule has 0 bridgehead atoms. The summed E-state index contributed by atoms with van der Waals surface area (Å²) in [6.07, 6.45) is 4.15. The fourth-order valence-corrected chi connectivity index (χ4v) is 2.53. The number of rotatable bonds is 2. The topological polar surface area (TPSA) is 41.6 Å². The van der Waals surface area contributed by atoms with Gasteiger partial charge in [-0.15, -0.1) is 0 Å². The second-order valence-electron chi connectivity index (χ2n) is 4.48. The summed E-state index contributed by atoms with van der Waals surface area (Å²) in [5, 5.41) is 3.26. The van der Waals surface area contributed by atoms with Crippen molar-refractivity contribution in [1.82, 2.24) is 10.2 Å². The molecule has 0 saturated carbocycles. The molecule has 1 amide bonds. The molecule has 1 unspecified atom stereocenters. The Morgan fingerprint density at radius 1 is 1.33 bits per heavy atom. The molecule has 0 spiro atoms. The molecule has 0 aromatic rings. The summed E-state index contributed by atoms with van der Waals surface area (Å²) in [5.41, 5.74) is -0.581. The Bertz CT molecular complexity index is 231. The predicted octanol–water partition coefficient (Wildman–Crippen LogP) is 0.377. The van der Waals surface area contributed by atoms with E-state index in [1.165, 1.54) is 0 Å². The van der Waals surface area contributed by atoms with Crippen LogP contribution < -0.4 is 5.32 Å². The van der Waals surface area contributed by atoms with E-state index in [2.05, 4.69) is 5.32 Å². The van der Waals surface area contributed by atoms with E-state index in [1.807, 2.05) is 4.90 Å². The Balaban J connectivity index is 2.06. The van der Waals surface area contributed by atoms with Crippen molar-refractivity contribution in [2.24, 2.45) is 0 Å². The summed E-state index contributed by atoms with van der Waals surface area (Å²) in [6.45, 7) is 3.48. The lowest BCUT2D eigenvalue weighted by Crippen LogP contribution is -2.57. The fourth-order valence-electron chi connectivity index (χ4n) is 2.53. The third-order valence-corrected chi connectivity index (χ3v) is 3.52. The second kappa shape index (κ2) is 4.49. The van der Waals surface area contributed by atoms with E-state index < -0.39 is 5.60 Å². The molecular weight excluding hydrogens is 192 g/mol. The van der Waals surface area contributed by atoms with Gasteiger partial charge in [-0.2, -0.15) is 0 Å². The number of carbonyl (C=O) groups excluding carboxylic acids is 1. The zero-order chi connectivity index (χ0) is 10.7. The first-order chi connectivity index (χ1) is 7.28. The molecule has 1 N–H and O–H groups in total. The van der Waals surface area contributed by atoms with E-state index >= 15 is 0 Å². The Morgan fingerprint density at radius 3 is 2.60 bits per heavy atom. The summed E-state index contributed by atoms with van der Waals surface area (Å²) < 4.78 is 5.50. The van der Waals surface area contributed by atoms with Crippen LogP contribution in [0.3, 0.4) is 0 Å². The first-order valence-corrected chi connectivity index (χ1v) is 5.84. The highest BCUT2D eigenvalue weighted by molar-refractivity contribution is 5.86. The molecule has 15 heavy (non-hydrogen) atoms. The maximum Gasteiger partial charge on any atom is 0.256 e. The minimum Gasteiger partial charge on any atom is -0.367 e. The molecule has 86 valence electrons. The number of hydrogen-bond donors (Lipinski definition) is 1. The first kappa shape index (κ1) is 10.9. The van der Waals surface area contributed by atoms with Crippen LogP contribution >= 0.6 is 0 Å². The molecule has 2 aliphatic heterocycles. The van der Waals surface area contributed by atoms with Crippen LogP contribution in [-0.2, 0) is 9.53 Å². The van der Waals surface area contributed by atoms with Crippen molar-refractivity contribution in [3.8, 4) is 0 Å². The van der Waals surface area contributed by atoms with E-state index in [9.17, 15) is 4.79 Å². The quantitative estimate of drug-likeness (QED) is 0.719. The molecule has 1 atom stereocenters. The molecule has 2 fully saturated rings. The number of likely N-dealkylation sites (tertiary alicyclic amines) is 1. The normalized spacial score (nSPS) is 31.9. The van der Waals surface area contributed by atoms with Gasteiger partial charge >= 0.3 is 0 Å². The molecule has 0 aromatic heterocycles. The highest BCUT2D eigenvalue weighted by atomic mass is 16.5. The van der Waals surface area contributed by atoms with Gasteiger partial charge in [0.1, 0.15) is 0 Å². The van der Waals surface area contributed by atoms with Crippen LogP contribution in [-0.4, -0.2) is 49.7 Å². The van der Waals surface area contributed by atoms with Gasteiger partial charge in [0, 0.05) is 26.7 Å². The monoisotopic (exact) mass is 212 g/mol. The van der Waals surface area contributed by atoms with Gasteiger partial charge in [0.25, 0.3) is 5.91 Å². The predicted molar refractivity (Wildman–Crippen MR) is 57.7 cm³/mol. The highest BCUT2D eigenvalue weighted by Gasteiger charge is 2.42. The van der Waals surface area contributed by atoms with Gasteiger partial charge in [-0.3, -0.25) is 4.79 Å². The molecule has 0 aromatic carbocycles.